The molecule has 2 atom stereocenters. The number of nitrogens with zero attached hydrogens (tertiary/aromatic N) is 1. The summed E-state index contributed by atoms with van der Waals surface area (Å²) in [5.41, 5.74) is 0.358. The molecule has 1 aromatic heterocycles. The minimum absolute atomic E-state index is 0.113. The maximum atomic E-state index is 12.2. The number of sulfonamides is 1. The van der Waals surface area contributed by atoms with Crippen LogP contribution in [0, 0.1) is 13.8 Å². The van der Waals surface area contributed by atoms with Gasteiger partial charge in [-0.1, -0.05) is 5.16 Å². The predicted molar refractivity (Wildman–Crippen MR) is 64.6 cm³/mol. The second-order valence-corrected chi connectivity index (χ2v) is 6.44. The van der Waals surface area contributed by atoms with Crippen molar-refractivity contribution in [3.63, 3.8) is 0 Å². The van der Waals surface area contributed by atoms with E-state index >= 15 is 0 Å². The van der Waals surface area contributed by atoms with E-state index in [1.165, 1.54) is 0 Å². The maximum Gasteiger partial charge on any atom is 0.246 e. The van der Waals surface area contributed by atoms with Gasteiger partial charge in [0.15, 0.2) is 5.76 Å². The third-order valence-electron chi connectivity index (χ3n) is 3.20. The SMILES string of the molecule is Cc1noc(C)c1S(=O)(=O)N[C@H]1CCC[C@H](O)C1. The molecule has 6 nitrogen and oxygen atoms in total. The predicted octanol–water partition coefficient (Wildman–Crippen LogP) is 0.873. The van der Waals surface area contributed by atoms with E-state index in [0.29, 0.717) is 12.1 Å². The van der Waals surface area contributed by atoms with Crippen molar-refractivity contribution in [2.75, 3.05) is 0 Å². The highest BCUT2D eigenvalue weighted by Gasteiger charge is 2.29. The van der Waals surface area contributed by atoms with E-state index in [1.54, 1.807) is 13.8 Å². The molecule has 0 saturated heterocycles. The molecule has 1 saturated carbocycles. The Morgan fingerprint density at radius 3 is 2.67 bits per heavy atom. The minimum Gasteiger partial charge on any atom is -0.393 e. The van der Waals surface area contributed by atoms with Gasteiger partial charge in [-0.25, -0.2) is 13.1 Å². The third kappa shape index (κ3) is 2.73. The molecular weight excluding hydrogens is 256 g/mol. The van der Waals surface area contributed by atoms with Crippen LogP contribution >= 0.6 is 0 Å². The summed E-state index contributed by atoms with van der Waals surface area (Å²) in [6.07, 6.45) is 2.36. The Kier molecular flexibility index (Phi) is 3.74. The summed E-state index contributed by atoms with van der Waals surface area (Å²) in [6, 6.07) is -0.215. The van der Waals surface area contributed by atoms with Gasteiger partial charge in [0.2, 0.25) is 10.0 Å². The molecule has 1 heterocycles. The lowest BCUT2D eigenvalue weighted by molar-refractivity contribution is 0.117. The number of aryl methyl sites for hydroxylation is 2. The number of rotatable bonds is 3. The molecule has 0 radical (unpaired) electrons. The molecule has 1 fully saturated rings. The number of aliphatic hydroxyl groups is 1. The van der Waals surface area contributed by atoms with Crippen LogP contribution in [0.4, 0.5) is 0 Å². The Morgan fingerprint density at radius 1 is 1.39 bits per heavy atom. The van der Waals surface area contributed by atoms with Crippen molar-refractivity contribution in [1.82, 2.24) is 9.88 Å². The number of aromatic nitrogens is 1. The molecule has 1 aromatic rings. The standard InChI is InChI=1S/C11H18N2O4S/c1-7-11(8(2)17-12-7)18(15,16)13-9-4-3-5-10(14)6-9/h9-10,13-14H,3-6H2,1-2H3/t9-,10-/m0/s1. The van der Waals surface area contributed by atoms with Crippen molar-refractivity contribution in [1.29, 1.82) is 0 Å². The Morgan fingerprint density at radius 2 is 2.11 bits per heavy atom. The topological polar surface area (TPSA) is 92.4 Å². The molecule has 0 aliphatic heterocycles. The van der Waals surface area contributed by atoms with Crippen molar-refractivity contribution in [3.8, 4) is 0 Å². The molecule has 7 heteroatoms. The van der Waals surface area contributed by atoms with Gasteiger partial charge >= 0.3 is 0 Å². The molecule has 0 aromatic carbocycles. The Balaban J connectivity index is 2.17. The van der Waals surface area contributed by atoms with Crippen LogP contribution in [0.5, 0.6) is 0 Å². The molecule has 0 amide bonds. The normalized spacial score (nSPS) is 25.3. The maximum absolute atomic E-state index is 12.2. The van der Waals surface area contributed by atoms with Gasteiger partial charge < -0.3 is 9.63 Å². The molecule has 1 aliphatic carbocycles. The fourth-order valence-corrected chi connectivity index (χ4v) is 4.02. The average Bonchev–Trinajstić information content (AvgIpc) is 2.58. The van der Waals surface area contributed by atoms with Gasteiger partial charge in [0.25, 0.3) is 0 Å². The van der Waals surface area contributed by atoms with Crippen LogP contribution in [0.25, 0.3) is 0 Å². The molecule has 0 bridgehead atoms. The first-order valence-electron chi connectivity index (χ1n) is 6.03. The molecule has 1 aliphatic rings. The molecule has 0 spiro atoms. The Bertz CT molecular complexity index is 504. The van der Waals surface area contributed by atoms with Gasteiger partial charge in [-0.2, -0.15) is 0 Å². The average molecular weight is 274 g/mol. The number of hydrogen-bond acceptors (Lipinski definition) is 5. The molecule has 0 unspecified atom stereocenters. The lowest BCUT2D eigenvalue weighted by Crippen LogP contribution is -2.39. The van der Waals surface area contributed by atoms with Crippen LogP contribution in [0.1, 0.15) is 37.1 Å². The summed E-state index contributed by atoms with van der Waals surface area (Å²) in [7, 11) is -3.62. The van der Waals surface area contributed by atoms with Gasteiger partial charge in [-0.05, 0) is 39.5 Å². The Labute approximate surface area is 106 Å². The Hall–Kier alpha value is -0.920. The van der Waals surface area contributed by atoms with Crippen LogP contribution < -0.4 is 4.72 Å². The highest BCUT2D eigenvalue weighted by atomic mass is 32.2. The highest BCUT2D eigenvalue weighted by Crippen LogP contribution is 2.23. The van der Waals surface area contributed by atoms with Gasteiger partial charge in [0, 0.05) is 6.04 Å². The highest BCUT2D eigenvalue weighted by molar-refractivity contribution is 7.89. The zero-order chi connectivity index (χ0) is 13.3. The zero-order valence-corrected chi connectivity index (χ0v) is 11.3. The molecule has 18 heavy (non-hydrogen) atoms. The molecule has 2 rings (SSSR count). The summed E-state index contributed by atoms with van der Waals surface area (Å²) >= 11 is 0. The zero-order valence-electron chi connectivity index (χ0n) is 10.5. The lowest BCUT2D eigenvalue weighted by atomic mass is 9.94. The first-order valence-corrected chi connectivity index (χ1v) is 7.51. The van der Waals surface area contributed by atoms with Crippen LogP contribution in [-0.4, -0.2) is 30.8 Å². The van der Waals surface area contributed by atoms with Crippen LogP contribution in [0.2, 0.25) is 0 Å². The van der Waals surface area contributed by atoms with E-state index < -0.39 is 16.1 Å². The first kappa shape index (κ1) is 13.5. The van der Waals surface area contributed by atoms with E-state index in [0.717, 1.165) is 19.3 Å². The van der Waals surface area contributed by atoms with E-state index in [1.807, 2.05) is 0 Å². The van der Waals surface area contributed by atoms with Crippen molar-refractivity contribution in [3.05, 3.63) is 11.5 Å². The fraction of sp³-hybridized carbons (Fsp3) is 0.727. The second kappa shape index (κ2) is 4.99. The van der Waals surface area contributed by atoms with E-state index in [-0.39, 0.29) is 16.7 Å². The second-order valence-electron chi connectivity index (χ2n) is 4.79. The quantitative estimate of drug-likeness (QED) is 0.853. The third-order valence-corrected chi connectivity index (χ3v) is 4.97. The summed E-state index contributed by atoms with van der Waals surface area (Å²) in [6.45, 7) is 3.17. The lowest BCUT2D eigenvalue weighted by Gasteiger charge is -2.26. The summed E-state index contributed by atoms with van der Waals surface area (Å²) in [4.78, 5) is 0.113. The van der Waals surface area contributed by atoms with Crippen LogP contribution in [-0.2, 0) is 10.0 Å². The first-order chi connectivity index (χ1) is 8.40. The van der Waals surface area contributed by atoms with Crippen molar-refractivity contribution in [2.45, 2.75) is 56.6 Å². The van der Waals surface area contributed by atoms with Crippen molar-refractivity contribution < 1.29 is 18.0 Å². The van der Waals surface area contributed by atoms with Crippen molar-refractivity contribution in [2.24, 2.45) is 0 Å². The van der Waals surface area contributed by atoms with Crippen molar-refractivity contribution >= 4 is 10.0 Å². The number of aliphatic hydroxyl groups excluding tert-OH is 1. The van der Waals surface area contributed by atoms with Crippen LogP contribution in [0.15, 0.2) is 9.42 Å². The summed E-state index contributed by atoms with van der Waals surface area (Å²) in [5, 5.41) is 13.2. The largest absolute Gasteiger partial charge is 0.393 e. The monoisotopic (exact) mass is 274 g/mol. The van der Waals surface area contributed by atoms with E-state index in [4.69, 9.17) is 4.52 Å². The van der Waals surface area contributed by atoms with Gasteiger partial charge in [0.05, 0.1) is 6.10 Å². The molecule has 102 valence electrons. The van der Waals surface area contributed by atoms with Gasteiger partial charge in [-0.15, -0.1) is 0 Å². The molecule has 2 N–H and O–H groups in total. The number of hydrogen-bond donors (Lipinski definition) is 2. The smallest absolute Gasteiger partial charge is 0.246 e. The van der Waals surface area contributed by atoms with Gasteiger partial charge in [-0.3, -0.25) is 0 Å². The van der Waals surface area contributed by atoms with E-state index in [9.17, 15) is 13.5 Å². The summed E-state index contributed by atoms with van der Waals surface area (Å²) < 4.78 is 31.9. The van der Waals surface area contributed by atoms with E-state index in [2.05, 4.69) is 9.88 Å². The molecular formula is C11H18N2O4S. The summed E-state index contributed by atoms with van der Waals surface area (Å²) in [5.74, 6) is 0.288. The van der Waals surface area contributed by atoms with Crippen LogP contribution in [0.3, 0.4) is 0 Å². The number of nitrogens with one attached hydrogen (secondary N) is 1. The van der Waals surface area contributed by atoms with Gasteiger partial charge in [0.1, 0.15) is 10.6 Å². The minimum atomic E-state index is -3.62. The fourth-order valence-electron chi connectivity index (χ4n) is 2.41.